The maximum absolute atomic E-state index is 16.7. The Morgan fingerprint density at radius 1 is 0.694 bits per heavy atom. The molecule has 6 aromatic carbocycles. The van der Waals surface area contributed by atoms with Crippen molar-refractivity contribution in [1.29, 1.82) is 0 Å². The molecular formula is C92H111Cl2F3N14O33. The standard InChI is InChI=1S/C91H107Cl2F3N14O33.CH4/c1-36(2)24-49(99-5)80(126)107-66-68(117)40-9-14-53(47(92)26-40)136-55-28-42-29-56(76(55)141-88-74(123)72(121)77(58(35-113)139-88)142-87-73(122)71(120)70(119)57(138-87)33-100-17-19-110-18-16-60(103-89(110)134)102-79(125)38-6-11-43(12-7-38)143-91(94,95)96)137-54-15-10-41(27-48(54)93)75(140-61-32-90(4,98)78(124)37(3)135-61)67-85(131)106-65(86(132)133)45-30-52(115)46(34-109(20-22-111)21-23-112)69(118)62(45)44-25-39(8-13-51(44)114)63(82(128)108-67)105-83(129)64(42)104-81(127)50(31-59(97)116)101-84(66)130;/h6-16,18,25-30,36-37,49-50,57-58,61,63-68,70-75,77-78,87-88,99-100,111-115,117-124H,17,19-24,31-35,98H2,1-5H3,(H2,97,116)(H,101,130)(H,104,127)(H,105,129)(H,106,131)(H,107,126)(H,108,128)(H,132,133)(H,102,103,125,134);1H4/t37-,49+,50-,57+,58+,61?,63+,64+,65+,66?,67-,68+,70-,71-,72+,73+,74+,75+,77+,78-,87-,88-,90-;/m0./s1. The van der Waals surface area contributed by atoms with Crippen LogP contribution in [0.25, 0.3) is 11.1 Å². The van der Waals surface area contributed by atoms with Gasteiger partial charge in [-0.2, -0.15) is 4.98 Å². The Labute approximate surface area is 827 Å². The zero-order chi connectivity index (χ0) is 104. The second-order valence-corrected chi connectivity index (χ2v) is 36.2. The lowest BCUT2D eigenvalue weighted by molar-refractivity contribution is -0.350. The number of aliphatic carboxylic acids is 1. The molecule has 3 fully saturated rings. The number of carboxylic acid groups (broad SMARTS) is 1. The van der Waals surface area contributed by atoms with Gasteiger partial charge in [-0.1, -0.05) is 62.7 Å². The van der Waals surface area contributed by atoms with Gasteiger partial charge in [0.1, 0.15) is 132 Å². The number of amides is 8. The molecule has 7 aromatic rings. The molecule has 8 aliphatic rings. The van der Waals surface area contributed by atoms with Crippen LogP contribution in [0.3, 0.4) is 0 Å². The van der Waals surface area contributed by atoms with Gasteiger partial charge in [0, 0.05) is 79.7 Å². The number of primary amides is 1. The number of halogens is 5. The minimum atomic E-state index is -5.00. The van der Waals surface area contributed by atoms with Gasteiger partial charge >= 0.3 is 18.0 Å². The predicted molar refractivity (Wildman–Crippen MR) is 493 cm³/mol. The summed E-state index contributed by atoms with van der Waals surface area (Å²) in [6, 6.07) is 2.14. The second-order valence-electron chi connectivity index (χ2n) is 35.3. The first-order valence-electron chi connectivity index (χ1n) is 44.7. The minimum Gasteiger partial charge on any atom is -0.507 e. The van der Waals surface area contributed by atoms with Gasteiger partial charge in [-0.3, -0.25) is 47.8 Å². The van der Waals surface area contributed by atoms with Gasteiger partial charge in [0.05, 0.1) is 60.1 Å². The number of phenols is 3. The number of nitrogens with two attached hydrogens (primary N) is 2. The van der Waals surface area contributed by atoms with Crippen molar-refractivity contribution in [3.8, 4) is 62.9 Å². The summed E-state index contributed by atoms with van der Waals surface area (Å²) in [5.41, 5.74) is 5.94. The van der Waals surface area contributed by atoms with Crippen LogP contribution in [0.4, 0.5) is 19.0 Å². The number of benzene rings is 6. The van der Waals surface area contributed by atoms with E-state index in [2.05, 4.69) is 57.6 Å². The first kappa shape index (κ1) is 110. The Balaban J connectivity index is 0.0000185. The first-order valence-corrected chi connectivity index (χ1v) is 45.5. The van der Waals surface area contributed by atoms with Crippen LogP contribution < -0.4 is 84.0 Å². The maximum Gasteiger partial charge on any atom is 0.573 e. The number of anilines is 1. The number of ether oxygens (including phenoxy) is 9. The van der Waals surface area contributed by atoms with E-state index in [9.17, 15) is 109 Å². The lowest BCUT2D eigenvalue weighted by Crippen LogP contribution is -2.65. The SMILES string of the molecule is C.CN[C@H](CC(C)C)C(=O)NC1C(=O)N[C@@H](CC(N)=O)C(=O)N[C@H]2C(=O)N[C@H]3C(=O)N[C@H](C(=O)N[C@@H](C(=O)O)c4cc(O)c(CN(CCO)CCO)c(O)c4-c4cc3ccc4O)[C@H](OC3C[C@](C)(N)[C@@H](O)[C@H](C)O3)c3ccc(c(Cl)c3)Oc3cc2cc(c3O[C@@H]2O[C@H](CO)[C@@H](O[C@@H]3O[C@H](CNCCn4ccc(NC(=O)c5ccc(OC(F)(F)F)cc5)nc4=O)[C@H](O)[C@H](O)[C@H]3O)[C@H](O)[C@H]2O)Oc2ccc(cc2Cl)[C@H]1O. The number of hydrogen-bond donors (Lipinski definition) is 25. The highest BCUT2D eigenvalue weighted by Gasteiger charge is 2.54. The fourth-order valence-corrected chi connectivity index (χ4v) is 17.6. The smallest absolute Gasteiger partial charge is 0.507 e. The third kappa shape index (κ3) is 25.4. The van der Waals surface area contributed by atoms with E-state index < -0.39 is 346 Å². The molecule has 144 heavy (non-hydrogen) atoms. The van der Waals surface area contributed by atoms with E-state index in [4.69, 9.17) is 72.6 Å². The van der Waals surface area contributed by atoms with Crippen molar-refractivity contribution in [3.05, 3.63) is 169 Å². The van der Waals surface area contributed by atoms with Gasteiger partial charge in [0.2, 0.25) is 53.4 Å². The number of alkyl halides is 3. The average Bonchev–Trinajstić information content (AvgIpc) is 0.751. The Bertz CT molecular complexity index is 5930. The van der Waals surface area contributed by atoms with Gasteiger partial charge in [0.15, 0.2) is 30.1 Å². The third-order valence-corrected chi connectivity index (χ3v) is 25.1. The zero-order valence-corrected chi connectivity index (χ0v) is 78.1. The minimum absolute atomic E-state index is 0. The molecule has 3 saturated heterocycles. The molecule has 47 nitrogen and oxygen atoms in total. The summed E-state index contributed by atoms with van der Waals surface area (Å²) in [5, 5.41) is 184. The number of nitrogens with zero attached hydrogens (tertiary/aromatic N) is 3. The zero-order valence-electron chi connectivity index (χ0n) is 76.6. The van der Waals surface area contributed by atoms with Crippen LogP contribution in [0.2, 0.25) is 10.0 Å². The van der Waals surface area contributed by atoms with Gasteiger partial charge in [-0.15, -0.1) is 13.2 Å². The van der Waals surface area contributed by atoms with Crippen LogP contribution in [0.1, 0.15) is 128 Å². The molecule has 1 aromatic heterocycles. The number of aliphatic hydroxyl groups is 10. The summed E-state index contributed by atoms with van der Waals surface area (Å²) in [6.45, 7) is 2.49. The number of hydrogen-bond acceptors (Lipinski definition) is 37. The molecule has 0 spiro atoms. The second kappa shape index (κ2) is 46.8. The molecule has 27 N–H and O–H groups in total. The molecule has 9 heterocycles. The van der Waals surface area contributed by atoms with E-state index in [-0.39, 0.29) is 68.5 Å². The summed E-state index contributed by atoms with van der Waals surface area (Å²) in [4.78, 5) is 153. The topological polar surface area (TPSA) is 718 Å². The number of carbonyl (C=O) groups is 9. The number of aliphatic hydroxyl groups excluding tert-OH is 10. The molecule has 23 atom stereocenters. The highest BCUT2D eigenvalue weighted by Crippen LogP contribution is 2.52. The highest BCUT2D eigenvalue weighted by atomic mass is 35.5. The molecule has 15 rings (SSSR count). The normalized spacial score (nSPS) is 27.4. The quantitative estimate of drug-likeness (QED) is 0.0259. The third-order valence-electron chi connectivity index (χ3n) is 24.5. The number of carbonyl (C=O) groups excluding carboxylic acids is 8. The number of carboxylic acids is 1. The summed E-state index contributed by atoms with van der Waals surface area (Å²) in [5.74, 6) is -19.5. The van der Waals surface area contributed by atoms with Crippen LogP contribution in [-0.2, 0) is 75.1 Å². The van der Waals surface area contributed by atoms with Gasteiger partial charge in [-0.25, -0.2) is 9.59 Å². The van der Waals surface area contributed by atoms with Crippen molar-refractivity contribution in [2.75, 3.05) is 58.4 Å². The van der Waals surface area contributed by atoms with Crippen molar-refractivity contribution in [2.45, 2.75) is 214 Å². The molecule has 0 radical (unpaired) electrons. The van der Waals surface area contributed by atoms with Gasteiger partial charge < -0.3 is 173 Å². The summed E-state index contributed by atoms with van der Waals surface area (Å²) in [7, 11) is 1.43. The van der Waals surface area contributed by atoms with Crippen LogP contribution in [0.15, 0.2) is 114 Å². The Hall–Kier alpha value is -12.4. The Morgan fingerprint density at radius 3 is 1.92 bits per heavy atom. The average molecular weight is 2070 g/mol. The molecule has 2 unspecified atom stereocenters. The molecule has 8 amide bonds. The number of fused-ring (bicyclic) bond motifs is 15. The largest absolute Gasteiger partial charge is 0.573 e. The van der Waals surface area contributed by atoms with Crippen molar-refractivity contribution in [1.82, 2.24) is 57.0 Å². The molecule has 11 bridgehead atoms. The van der Waals surface area contributed by atoms with E-state index in [1.807, 2.05) is 0 Å². The summed E-state index contributed by atoms with van der Waals surface area (Å²) >= 11 is 14.6. The number of likely N-dealkylation sites (N-methyl/N-ethyl adjacent to an activating group) is 1. The molecule has 0 saturated carbocycles. The van der Waals surface area contributed by atoms with Gasteiger partial charge in [0.25, 0.3) is 5.91 Å². The van der Waals surface area contributed by atoms with E-state index in [1.165, 1.54) is 44.1 Å². The van der Waals surface area contributed by atoms with Crippen molar-refractivity contribution in [2.24, 2.45) is 17.4 Å². The number of aromatic hydroxyl groups is 3. The monoisotopic (exact) mass is 2070 g/mol. The molecule has 8 aliphatic heterocycles. The van der Waals surface area contributed by atoms with Crippen molar-refractivity contribution < 1.29 is 170 Å². The highest BCUT2D eigenvalue weighted by molar-refractivity contribution is 6.32. The number of phenolic OH excluding ortho intramolecular Hbond substituents is 3. The van der Waals surface area contributed by atoms with Crippen LogP contribution in [-0.4, -0.2) is 308 Å². The van der Waals surface area contributed by atoms with Crippen LogP contribution >= 0.6 is 23.2 Å². The lowest BCUT2D eigenvalue weighted by atomic mass is 9.86. The van der Waals surface area contributed by atoms with E-state index in [1.54, 1.807) is 13.8 Å². The lowest BCUT2D eigenvalue weighted by Gasteiger charge is -2.46. The number of aromatic nitrogens is 2. The van der Waals surface area contributed by atoms with Crippen LogP contribution in [0.5, 0.6) is 51.7 Å². The van der Waals surface area contributed by atoms with E-state index >= 15 is 24.0 Å². The Morgan fingerprint density at radius 2 is 1.31 bits per heavy atom. The molecular weight excluding hydrogens is 1960 g/mol. The molecule has 52 heteroatoms. The predicted octanol–water partition coefficient (Wildman–Crippen LogP) is -0.642. The molecule has 782 valence electrons. The summed E-state index contributed by atoms with van der Waals surface area (Å²) in [6.07, 6.45) is -34.7. The first-order chi connectivity index (χ1) is 67.7. The maximum atomic E-state index is 16.7. The van der Waals surface area contributed by atoms with Gasteiger partial charge in [-0.05, 0) is 140 Å². The summed E-state index contributed by atoms with van der Waals surface area (Å²) < 4.78 is 94.3. The number of rotatable bonds is 29. The van der Waals surface area contributed by atoms with Crippen LogP contribution in [0, 0.1) is 5.92 Å². The fourth-order valence-electron chi connectivity index (χ4n) is 17.1. The van der Waals surface area contributed by atoms with Crippen molar-refractivity contribution >= 4 is 82.2 Å². The Kier molecular flexibility index (Phi) is 35.9. The molecule has 0 aliphatic carbocycles. The fraction of sp³-hybridized carbons (Fsp3) is 0.467. The van der Waals surface area contributed by atoms with Crippen molar-refractivity contribution in [3.63, 3.8) is 0 Å². The van der Waals surface area contributed by atoms with E-state index in [0.717, 1.165) is 95.6 Å². The number of nitrogens with one attached hydrogen (secondary N) is 9. The van der Waals surface area contributed by atoms with E-state index in [0.29, 0.717) is 0 Å².